The lowest BCUT2D eigenvalue weighted by Crippen LogP contribution is -2.25. The number of carbonyl (C=O) groups excluding carboxylic acids is 1. The van der Waals surface area contributed by atoms with E-state index in [9.17, 15) is 4.79 Å². The molecule has 0 aliphatic carbocycles. The zero-order valence-corrected chi connectivity index (χ0v) is 10.5. The Bertz CT molecular complexity index is 388. The molecule has 0 aliphatic heterocycles. The van der Waals surface area contributed by atoms with Crippen molar-refractivity contribution in [3.8, 4) is 0 Å². The van der Waals surface area contributed by atoms with Crippen molar-refractivity contribution in [1.29, 1.82) is 0 Å². The van der Waals surface area contributed by atoms with Crippen LogP contribution in [0, 0.1) is 13.8 Å². The van der Waals surface area contributed by atoms with Gasteiger partial charge in [-0.05, 0) is 30.9 Å². The van der Waals surface area contributed by atoms with Gasteiger partial charge in [-0.1, -0.05) is 13.8 Å². The molecule has 4 nitrogen and oxygen atoms in total. The van der Waals surface area contributed by atoms with Gasteiger partial charge in [0.15, 0.2) is 0 Å². The van der Waals surface area contributed by atoms with E-state index in [1.165, 1.54) is 10.6 Å². The highest BCUT2D eigenvalue weighted by atomic mass is 16.1. The zero-order chi connectivity index (χ0) is 12.3. The second-order valence-corrected chi connectivity index (χ2v) is 4.28. The topological polar surface area (TPSA) is 45.2 Å². The minimum atomic E-state index is 0.426. The van der Waals surface area contributed by atoms with Crippen molar-refractivity contribution in [3.63, 3.8) is 0 Å². The summed E-state index contributed by atoms with van der Waals surface area (Å²) in [7, 11) is 1.67. The Balaban J connectivity index is 3.15. The van der Waals surface area contributed by atoms with Crippen LogP contribution in [-0.4, -0.2) is 23.5 Å². The lowest BCUT2D eigenvalue weighted by molar-refractivity contribution is -0.115. The van der Waals surface area contributed by atoms with Gasteiger partial charge in [0.25, 0.3) is 0 Å². The highest BCUT2D eigenvalue weighted by Gasteiger charge is 2.11. The Labute approximate surface area is 96.6 Å². The highest BCUT2D eigenvalue weighted by Crippen LogP contribution is 2.26. The fourth-order valence-corrected chi connectivity index (χ4v) is 1.69. The fraction of sp³-hybridized carbons (Fsp3) is 0.500. The molecule has 1 heterocycles. The largest absolute Gasteiger partial charge is 0.294 e. The molecule has 1 rings (SSSR count). The molecular weight excluding hydrogens is 202 g/mol. The van der Waals surface area contributed by atoms with Crippen molar-refractivity contribution < 1.29 is 4.79 Å². The normalized spacial score (nSPS) is 10.4. The Morgan fingerprint density at radius 1 is 1.44 bits per heavy atom. The summed E-state index contributed by atoms with van der Waals surface area (Å²) in [5.41, 5.74) is 7.19. The number of amides is 1. The molecule has 0 spiro atoms. The molecule has 4 heteroatoms. The number of hydrazine groups is 1. The molecule has 16 heavy (non-hydrogen) atoms. The smallest absolute Gasteiger partial charge is 0.227 e. The van der Waals surface area contributed by atoms with Crippen LogP contribution in [-0.2, 0) is 4.79 Å². The molecule has 0 atom stereocenters. The number of pyridine rings is 1. The number of carbonyl (C=O) groups is 1. The lowest BCUT2D eigenvalue weighted by atomic mass is 9.98. The van der Waals surface area contributed by atoms with Crippen molar-refractivity contribution in [2.24, 2.45) is 0 Å². The maximum atomic E-state index is 10.6. The first-order valence-electron chi connectivity index (χ1n) is 5.38. The van der Waals surface area contributed by atoms with Gasteiger partial charge in [0, 0.05) is 13.2 Å². The number of anilines is 1. The van der Waals surface area contributed by atoms with E-state index in [4.69, 9.17) is 0 Å². The second kappa shape index (κ2) is 4.96. The van der Waals surface area contributed by atoms with Gasteiger partial charge in [-0.3, -0.25) is 20.2 Å². The molecular formula is C12H19N3O. The molecule has 1 amide bonds. The Hall–Kier alpha value is -1.58. The Morgan fingerprint density at radius 3 is 2.56 bits per heavy atom. The van der Waals surface area contributed by atoms with E-state index in [0.717, 1.165) is 23.4 Å². The number of nitrogens with zero attached hydrogens (tertiary/aromatic N) is 2. The third-order valence-electron chi connectivity index (χ3n) is 2.64. The van der Waals surface area contributed by atoms with E-state index in [1.54, 1.807) is 7.05 Å². The van der Waals surface area contributed by atoms with Crippen molar-refractivity contribution in [2.45, 2.75) is 33.6 Å². The standard InChI is InChI=1S/C12H19N3O/c1-8(2)11-6-13-10(4)12(9(11)3)14-15(5)7-16/h6-8,14H,1-5H3. The van der Waals surface area contributed by atoms with E-state index in [-0.39, 0.29) is 0 Å². The molecule has 0 radical (unpaired) electrons. The zero-order valence-electron chi connectivity index (χ0n) is 10.5. The van der Waals surface area contributed by atoms with E-state index < -0.39 is 0 Å². The molecule has 0 unspecified atom stereocenters. The first-order valence-corrected chi connectivity index (χ1v) is 5.38. The summed E-state index contributed by atoms with van der Waals surface area (Å²) in [5.74, 6) is 0.426. The van der Waals surface area contributed by atoms with Gasteiger partial charge in [0.1, 0.15) is 0 Å². The van der Waals surface area contributed by atoms with Gasteiger partial charge in [0.05, 0.1) is 11.4 Å². The van der Waals surface area contributed by atoms with Crippen LogP contribution < -0.4 is 5.43 Å². The van der Waals surface area contributed by atoms with Gasteiger partial charge in [0.2, 0.25) is 6.41 Å². The maximum absolute atomic E-state index is 10.6. The summed E-state index contributed by atoms with van der Waals surface area (Å²) in [4.78, 5) is 14.9. The third kappa shape index (κ3) is 2.51. The number of rotatable bonds is 4. The van der Waals surface area contributed by atoms with Gasteiger partial charge < -0.3 is 0 Å². The van der Waals surface area contributed by atoms with Gasteiger partial charge in [-0.15, -0.1) is 0 Å². The average Bonchev–Trinajstić information content (AvgIpc) is 2.23. The quantitative estimate of drug-likeness (QED) is 0.626. The maximum Gasteiger partial charge on any atom is 0.227 e. The molecule has 0 saturated carbocycles. The number of aromatic nitrogens is 1. The van der Waals surface area contributed by atoms with E-state index in [2.05, 4.69) is 24.3 Å². The first kappa shape index (κ1) is 12.5. The summed E-state index contributed by atoms with van der Waals surface area (Å²) < 4.78 is 0. The van der Waals surface area contributed by atoms with Crippen LogP contribution >= 0.6 is 0 Å². The van der Waals surface area contributed by atoms with Crippen molar-refractivity contribution >= 4 is 12.1 Å². The van der Waals surface area contributed by atoms with Crippen molar-refractivity contribution in [1.82, 2.24) is 9.99 Å². The van der Waals surface area contributed by atoms with Crippen LogP contribution in [0.1, 0.15) is 36.6 Å². The lowest BCUT2D eigenvalue weighted by Gasteiger charge is -2.20. The molecule has 0 bridgehead atoms. The predicted octanol–water partition coefficient (Wildman–Crippen LogP) is 2.24. The summed E-state index contributed by atoms with van der Waals surface area (Å²) in [6, 6.07) is 0. The summed E-state index contributed by atoms with van der Waals surface area (Å²) in [5, 5.41) is 1.39. The molecule has 88 valence electrons. The SMILES string of the molecule is Cc1ncc(C(C)C)c(C)c1NN(C)C=O. The second-order valence-electron chi connectivity index (χ2n) is 4.28. The van der Waals surface area contributed by atoms with E-state index >= 15 is 0 Å². The van der Waals surface area contributed by atoms with Crippen LogP contribution in [0.25, 0.3) is 0 Å². The number of hydrogen-bond donors (Lipinski definition) is 1. The van der Waals surface area contributed by atoms with E-state index in [1.807, 2.05) is 20.0 Å². The number of nitrogens with one attached hydrogen (secondary N) is 1. The minimum absolute atomic E-state index is 0.426. The number of aryl methyl sites for hydroxylation is 1. The summed E-state index contributed by atoms with van der Waals surface area (Å²) in [6.07, 6.45) is 2.64. The van der Waals surface area contributed by atoms with Gasteiger partial charge in [-0.2, -0.15) is 0 Å². The average molecular weight is 221 g/mol. The Kier molecular flexibility index (Phi) is 3.88. The van der Waals surface area contributed by atoms with Crippen LogP contribution in [0.3, 0.4) is 0 Å². The molecule has 0 aromatic carbocycles. The van der Waals surface area contributed by atoms with Crippen LogP contribution in [0.15, 0.2) is 6.20 Å². The van der Waals surface area contributed by atoms with Crippen LogP contribution in [0.2, 0.25) is 0 Å². The monoisotopic (exact) mass is 221 g/mol. The third-order valence-corrected chi connectivity index (χ3v) is 2.64. The van der Waals surface area contributed by atoms with Crippen molar-refractivity contribution in [3.05, 3.63) is 23.0 Å². The molecule has 1 N–H and O–H groups in total. The molecule has 0 saturated heterocycles. The van der Waals surface area contributed by atoms with Crippen molar-refractivity contribution in [2.75, 3.05) is 12.5 Å². The van der Waals surface area contributed by atoms with Crippen LogP contribution in [0.4, 0.5) is 5.69 Å². The molecule has 0 aliphatic rings. The first-order chi connectivity index (χ1) is 7.47. The summed E-state index contributed by atoms with van der Waals surface area (Å²) >= 11 is 0. The minimum Gasteiger partial charge on any atom is -0.294 e. The highest BCUT2D eigenvalue weighted by molar-refractivity contribution is 5.60. The molecule has 0 fully saturated rings. The van der Waals surface area contributed by atoms with Crippen LogP contribution in [0.5, 0.6) is 0 Å². The Morgan fingerprint density at radius 2 is 2.06 bits per heavy atom. The molecule has 1 aromatic heterocycles. The number of hydrogen-bond acceptors (Lipinski definition) is 3. The van der Waals surface area contributed by atoms with Gasteiger partial charge >= 0.3 is 0 Å². The summed E-state index contributed by atoms with van der Waals surface area (Å²) in [6.45, 7) is 8.24. The van der Waals surface area contributed by atoms with Gasteiger partial charge in [-0.25, -0.2) is 0 Å². The predicted molar refractivity (Wildman–Crippen MR) is 65.2 cm³/mol. The molecule has 1 aromatic rings. The van der Waals surface area contributed by atoms with E-state index in [0.29, 0.717) is 5.92 Å². The fourth-order valence-electron chi connectivity index (χ4n) is 1.69.